The molecule has 4 aliphatic rings. The molecule has 2 aromatic heterocycles. The maximum atomic E-state index is 15.1. The van der Waals surface area contributed by atoms with Gasteiger partial charge >= 0.3 is 10.1 Å². The smallest absolute Gasteiger partial charge is 0.306 e. The van der Waals surface area contributed by atoms with E-state index in [1.54, 1.807) is 6.20 Å². The molecule has 2 aromatic rings. The molecule has 2 aliphatic heterocycles. The molecule has 8 nitrogen and oxygen atoms in total. The van der Waals surface area contributed by atoms with Crippen LogP contribution in [0.1, 0.15) is 63.9 Å². The van der Waals surface area contributed by atoms with Crippen molar-refractivity contribution in [3.63, 3.8) is 0 Å². The molecule has 0 aromatic carbocycles. The number of aliphatic hydroxyl groups excluding tert-OH is 1. The molecule has 176 valence electrons. The first-order valence-electron chi connectivity index (χ1n) is 11.1. The van der Waals surface area contributed by atoms with Gasteiger partial charge in [-0.3, -0.25) is 4.90 Å². The van der Waals surface area contributed by atoms with Crippen molar-refractivity contribution >= 4 is 21.2 Å². The van der Waals surface area contributed by atoms with E-state index in [9.17, 15) is 18.6 Å². The molecular formula is C22H30FN3O5S. The molecule has 2 saturated heterocycles. The van der Waals surface area contributed by atoms with E-state index in [1.807, 2.05) is 6.92 Å². The van der Waals surface area contributed by atoms with Crippen molar-refractivity contribution in [1.82, 2.24) is 14.9 Å². The minimum atomic E-state index is -3.90. The molecular weight excluding hydrogens is 437 g/mol. The van der Waals surface area contributed by atoms with Crippen LogP contribution in [0.3, 0.4) is 0 Å². The van der Waals surface area contributed by atoms with Gasteiger partial charge in [0.15, 0.2) is 11.6 Å². The highest BCUT2D eigenvalue weighted by Gasteiger charge is 2.59. The van der Waals surface area contributed by atoms with Gasteiger partial charge in [-0.05, 0) is 55.4 Å². The van der Waals surface area contributed by atoms with Crippen LogP contribution in [0.25, 0.3) is 11.0 Å². The Balaban J connectivity index is 1.38. The molecule has 0 amide bonds. The summed E-state index contributed by atoms with van der Waals surface area (Å²) in [6.45, 7) is 4.14. The lowest BCUT2D eigenvalue weighted by atomic mass is 9.54. The van der Waals surface area contributed by atoms with Gasteiger partial charge in [0.2, 0.25) is 0 Å². The topological polar surface area (TPSA) is 116 Å². The zero-order chi connectivity index (χ0) is 23.1. The predicted molar refractivity (Wildman–Crippen MR) is 116 cm³/mol. The average Bonchev–Trinajstić information content (AvgIpc) is 3.05. The number of aliphatic hydroxyl groups is 2. The van der Waals surface area contributed by atoms with Gasteiger partial charge in [0.1, 0.15) is 11.9 Å². The van der Waals surface area contributed by atoms with E-state index >= 15 is 4.39 Å². The standard InChI is InChI=1S/C22H30FN3O5S/c1-12(15-9-24-20-18(15)19(23)16(10-25-20)31-32(3,29)30)4-17(27)26-13-5-21(2)6-14(26)8-22(28,7-13)11-21/h9-10,12-14,17,27-28H,4-8,11H2,1-3H3,(H,24,25). The maximum absolute atomic E-state index is 15.1. The van der Waals surface area contributed by atoms with Crippen molar-refractivity contribution in [3.05, 3.63) is 23.8 Å². The Hall–Kier alpha value is -1.75. The van der Waals surface area contributed by atoms with Gasteiger partial charge in [-0.1, -0.05) is 13.8 Å². The Morgan fingerprint density at radius 1 is 1.34 bits per heavy atom. The maximum Gasteiger partial charge on any atom is 0.306 e. The van der Waals surface area contributed by atoms with Gasteiger partial charge < -0.3 is 19.4 Å². The normalized spacial score (nSPS) is 34.2. The second-order valence-electron chi connectivity index (χ2n) is 10.6. The van der Waals surface area contributed by atoms with Crippen LogP contribution in [0.4, 0.5) is 4.39 Å². The molecule has 4 fully saturated rings. The predicted octanol–water partition coefficient (Wildman–Crippen LogP) is 2.62. The lowest BCUT2D eigenvalue weighted by molar-refractivity contribution is -0.221. The zero-order valence-corrected chi connectivity index (χ0v) is 19.3. The summed E-state index contributed by atoms with van der Waals surface area (Å²) in [5.74, 6) is -1.46. The molecule has 3 N–H and O–H groups in total. The number of H-pyrrole nitrogens is 1. The summed E-state index contributed by atoms with van der Waals surface area (Å²) in [7, 11) is -3.90. The average molecular weight is 468 g/mol. The Morgan fingerprint density at radius 3 is 2.59 bits per heavy atom. The third kappa shape index (κ3) is 3.70. The molecule has 2 aliphatic carbocycles. The Kier molecular flexibility index (Phi) is 4.91. The van der Waals surface area contributed by atoms with Crippen LogP contribution in [-0.2, 0) is 10.1 Å². The Labute approximate surface area is 186 Å². The van der Waals surface area contributed by atoms with Crippen molar-refractivity contribution in [2.75, 3.05) is 6.26 Å². The van der Waals surface area contributed by atoms with E-state index < -0.39 is 33.5 Å². The second kappa shape index (κ2) is 7.12. The summed E-state index contributed by atoms with van der Waals surface area (Å²) < 4.78 is 42.8. The molecule has 0 spiro atoms. The van der Waals surface area contributed by atoms with Gasteiger partial charge in [-0.2, -0.15) is 8.42 Å². The van der Waals surface area contributed by atoms with E-state index in [4.69, 9.17) is 4.18 Å². The summed E-state index contributed by atoms with van der Waals surface area (Å²) in [6.07, 6.45) is 7.35. The Bertz CT molecular complexity index is 1130. The highest BCUT2D eigenvalue weighted by Crippen LogP contribution is 2.58. The molecule has 32 heavy (non-hydrogen) atoms. The fraction of sp³-hybridized carbons (Fsp3) is 0.682. The van der Waals surface area contributed by atoms with Crippen molar-refractivity contribution < 1.29 is 27.2 Å². The largest absolute Gasteiger partial charge is 0.390 e. The minimum absolute atomic E-state index is 0.129. The van der Waals surface area contributed by atoms with Gasteiger partial charge in [-0.25, -0.2) is 9.37 Å². The number of aromatic amines is 1. The number of aromatic nitrogens is 2. The van der Waals surface area contributed by atoms with Gasteiger partial charge in [0.05, 0.1) is 23.4 Å². The van der Waals surface area contributed by atoms with Crippen molar-refractivity contribution in [2.24, 2.45) is 5.41 Å². The van der Waals surface area contributed by atoms with E-state index in [2.05, 4.69) is 21.8 Å². The molecule has 4 bridgehead atoms. The summed E-state index contributed by atoms with van der Waals surface area (Å²) in [5, 5.41) is 22.3. The van der Waals surface area contributed by atoms with Gasteiger partial charge in [-0.15, -0.1) is 0 Å². The van der Waals surface area contributed by atoms with Crippen molar-refractivity contribution in [2.45, 2.75) is 82.2 Å². The molecule has 0 radical (unpaired) electrons. The van der Waals surface area contributed by atoms with Crippen LogP contribution < -0.4 is 4.18 Å². The van der Waals surface area contributed by atoms with E-state index in [0.29, 0.717) is 30.5 Å². The van der Waals surface area contributed by atoms with Crippen LogP contribution in [-0.4, -0.2) is 63.7 Å². The first-order chi connectivity index (χ1) is 14.9. The third-order valence-corrected chi connectivity index (χ3v) is 8.09. The molecule has 2 saturated carbocycles. The number of halogens is 1. The SMILES string of the molecule is CC(CC(O)N1C2CC3(C)CC1CC(O)(C2)C3)c1c[nH]c2ncc(OS(C)(=O)=O)c(F)c12. The van der Waals surface area contributed by atoms with Crippen LogP contribution in [0.2, 0.25) is 0 Å². The van der Waals surface area contributed by atoms with Gasteiger partial charge in [0, 0.05) is 18.3 Å². The number of pyridine rings is 1. The summed E-state index contributed by atoms with van der Waals surface area (Å²) in [4.78, 5) is 9.18. The molecule has 4 unspecified atom stereocenters. The second-order valence-corrected chi connectivity index (χ2v) is 12.2. The number of fused-ring (bicyclic) bond motifs is 1. The highest BCUT2D eigenvalue weighted by molar-refractivity contribution is 7.86. The van der Waals surface area contributed by atoms with Crippen LogP contribution in [0, 0.1) is 11.2 Å². The number of hydrogen-bond acceptors (Lipinski definition) is 7. The first-order valence-corrected chi connectivity index (χ1v) is 12.9. The minimum Gasteiger partial charge on any atom is -0.390 e. The quantitative estimate of drug-likeness (QED) is 0.559. The van der Waals surface area contributed by atoms with E-state index in [-0.39, 0.29) is 28.8 Å². The lowest BCUT2D eigenvalue weighted by Crippen LogP contribution is -2.69. The number of hydrogen-bond donors (Lipinski definition) is 3. The van der Waals surface area contributed by atoms with E-state index in [1.165, 1.54) is 0 Å². The Morgan fingerprint density at radius 2 is 2.00 bits per heavy atom. The molecule has 4 atom stereocenters. The number of piperidine rings is 2. The van der Waals surface area contributed by atoms with Crippen LogP contribution in [0.5, 0.6) is 5.75 Å². The molecule has 4 heterocycles. The molecule has 10 heteroatoms. The highest BCUT2D eigenvalue weighted by atomic mass is 32.2. The number of nitrogens with one attached hydrogen (secondary N) is 1. The fourth-order valence-corrected chi connectivity index (χ4v) is 7.30. The van der Waals surface area contributed by atoms with E-state index in [0.717, 1.165) is 31.7 Å². The first kappa shape index (κ1) is 22.1. The van der Waals surface area contributed by atoms with Gasteiger partial charge in [0.25, 0.3) is 0 Å². The number of rotatable bonds is 6. The third-order valence-electron chi connectivity index (χ3n) is 7.60. The fourth-order valence-electron chi connectivity index (χ4n) is 6.85. The summed E-state index contributed by atoms with van der Waals surface area (Å²) in [5.41, 5.74) is 0.414. The summed E-state index contributed by atoms with van der Waals surface area (Å²) >= 11 is 0. The van der Waals surface area contributed by atoms with Crippen molar-refractivity contribution in [3.8, 4) is 5.75 Å². The summed E-state index contributed by atoms with van der Waals surface area (Å²) in [6, 6.07) is 0.286. The van der Waals surface area contributed by atoms with Crippen molar-refractivity contribution in [1.29, 1.82) is 0 Å². The van der Waals surface area contributed by atoms with Crippen LogP contribution >= 0.6 is 0 Å². The zero-order valence-electron chi connectivity index (χ0n) is 18.5. The number of nitrogens with zero attached hydrogens (tertiary/aromatic N) is 2. The monoisotopic (exact) mass is 467 g/mol. The lowest BCUT2D eigenvalue weighted by Gasteiger charge is -2.64. The van der Waals surface area contributed by atoms with Crippen LogP contribution in [0.15, 0.2) is 12.4 Å². The molecule has 6 rings (SSSR count).